The van der Waals surface area contributed by atoms with E-state index in [2.05, 4.69) is 13.8 Å². The van der Waals surface area contributed by atoms with Crippen LogP contribution in [-0.2, 0) is 0 Å². The summed E-state index contributed by atoms with van der Waals surface area (Å²) in [6.07, 6.45) is 5.54. The van der Waals surface area contributed by atoms with Crippen LogP contribution in [0.5, 0.6) is 0 Å². The molecular weight excluding hydrogens is 309 g/mol. The summed E-state index contributed by atoms with van der Waals surface area (Å²) in [4.78, 5) is 0. The molecule has 5 nitrogen and oxygen atoms in total. The number of hydrogen-bond acceptors (Lipinski definition) is 2. The Balaban J connectivity index is 0. The molecule has 0 radical (unpaired) electrons. The van der Waals surface area contributed by atoms with Crippen LogP contribution >= 0.6 is 23.2 Å². The fourth-order valence-electron chi connectivity index (χ4n) is 1.08. The van der Waals surface area contributed by atoms with Crippen molar-refractivity contribution in [2.45, 2.75) is 39.5 Å². The molecule has 0 aliphatic carbocycles. The Morgan fingerprint density at radius 3 is 1.43 bits per heavy atom. The van der Waals surface area contributed by atoms with Crippen LogP contribution in [0.25, 0.3) is 0 Å². The van der Waals surface area contributed by atoms with Gasteiger partial charge in [0.1, 0.15) is 0 Å². The highest BCUT2D eigenvalue weighted by molar-refractivity contribution is 6.41. The Bertz CT molecular complexity index is 373. The van der Waals surface area contributed by atoms with Crippen molar-refractivity contribution < 1.29 is 0 Å². The highest BCUT2D eigenvalue weighted by atomic mass is 35.5. The molecule has 0 amide bonds. The second kappa shape index (κ2) is 14.9. The zero-order chi connectivity index (χ0) is 16.7. The largest absolute Gasteiger partial charge is 0.370 e. The van der Waals surface area contributed by atoms with Gasteiger partial charge in [-0.3, -0.25) is 16.1 Å². The Kier molecular flexibility index (Phi) is 15.5. The molecule has 0 fully saturated rings. The lowest BCUT2D eigenvalue weighted by molar-refractivity contribution is 0.702. The highest BCUT2D eigenvalue weighted by Gasteiger charge is 1.89. The van der Waals surface area contributed by atoms with Crippen molar-refractivity contribution in [2.75, 3.05) is 0 Å². The summed E-state index contributed by atoms with van der Waals surface area (Å²) in [5, 5.41) is 16.2. The van der Waals surface area contributed by atoms with Gasteiger partial charge in [0.25, 0.3) is 0 Å². The number of nitrogens with two attached hydrogens (primary N) is 2. The Morgan fingerprint density at radius 1 is 0.952 bits per heavy atom. The molecule has 21 heavy (non-hydrogen) atoms. The summed E-state index contributed by atoms with van der Waals surface area (Å²) in [6.45, 7) is 4.46. The van der Waals surface area contributed by atoms with Crippen molar-refractivity contribution in [3.05, 3.63) is 34.3 Å². The summed E-state index contributed by atoms with van der Waals surface area (Å²) in [5.41, 5.74) is 9.49. The first-order valence-corrected chi connectivity index (χ1v) is 7.45. The summed E-state index contributed by atoms with van der Waals surface area (Å²) >= 11 is 11.2. The quantitative estimate of drug-likeness (QED) is 0.328. The second-order valence-electron chi connectivity index (χ2n) is 4.07. The van der Waals surface area contributed by atoms with E-state index >= 15 is 0 Å². The number of guanidine groups is 2. The fraction of sp³-hybridized carbons (Fsp3) is 0.429. The van der Waals surface area contributed by atoms with Crippen molar-refractivity contribution in [3.8, 4) is 0 Å². The van der Waals surface area contributed by atoms with Gasteiger partial charge in [0.15, 0.2) is 11.9 Å². The van der Waals surface area contributed by atoms with Gasteiger partial charge < -0.3 is 11.5 Å². The topological polar surface area (TPSA) is 112 Å². The molecule has 0 aromatic heterocycles. The first kappa shape index (κ1) is 21.8. The molecule has 120 valence electrons. The monoisotopic (exact) mass is 333 g/mol. The van der Waals surface area contributed by atoms with Gasteiger partial charge in [-0.05, 0) is 12.1 Å². The molecule has 7 heteroatoms. The molecule has 0 atom stereocenters. The van der Waals surface area contributed by atoms with Gasteiger partial charge in [-0.2, -0.15) is 0 Å². The molecule has 1 aromatic carbocycles. The third kappa shape index (κ3) is 18.5. The van der Waals surface area contributed by atoms with Gasteiger partial charge in [-0.15, -0.1) is 0 Å². The second-order valence-corrected chi connectivity index (χ2v) is 4.89. The van der Waals surface area contributed by atoms with Crippen LogP contribution in [-0.4, -0.2) is 11.9 Å². The van der Waals surface area contributed by atoms with Crippen molar-refractivity contribution in [3.63, 3.8) is 0 Å². The molecule has 7 N–H and O–H groups in total. The molecular formula is C14H25Cl2N5. The van der Waals surface area contributed by atoms with Crippen LogP contribution in [0.2, 0.25) is 10.0 Å². The Morgan fingerprint density at radius 2 is 1.29 bits per heavy atom. The smallest absolute Gasteiger partial charge is 0.192 e. The first-order chi connectivity index (χ1) is 9.84. The first-order valence-electron chi connectivity index (χ1n) is 6.70. The lowest BCUT2D eigenvalue weighted by atomic mass is 10.2. The average molecular weight is 334 g/mol. The zero-order valence-electron chi connectivity index (χ0n) is 12.5. The molecule has 0 aliphatic rings. The van der Waals surface area contributed by atoms with Gasteiger partial charge in [-0.25, -0.2) is 0 Å². The van der Waals surface area contributed by atoms with E-state index in [1.807, 2.05) is 17.4 Å². The number of unbranched alkanes of at least 4 members (excludes halogenated alkanes) is 3. The average Bonchev–Trinajstić information content (AvgIpc) is 2.40. The van der Waals surface area contributed by atoms with Gasteiger partial charge in [0, 0.05) is 0 Å². The van der Waals surface area contributed by atoms with Crippen molar-refractivity contribution >= 4 is 35.1 Å². The maximum atomic E-state index is 6.47. The number of nitrogens with one attached hydrogen (secondary N) is 3. The minimum absolute atomic E-state index is 0.312. The lowest BCUT2D eigenvalue weighted by Gasteiger charge is -1.95. The Hall–Kier alpha value is -1.46. The van der Waals surface area contributed by atoms with Crippen molar-refractivity contribution in [1.29, 1.82) is 10.8 Å². The number of hydrogen-bond donors (Lipinski definition) is 5. The van der Waals surface area contributed by atoms with Crippen LogP contribution in [0.4, 0.5) is 0 Å². The van der Waals surface area contributed by atoms with E-state index in [1.54, 1.807) is 12.1 Å². The van der Waals surface area contributed by atoms with Crippen LogP contribution < -0.4 is 16.8 Å². The van der Waals surface area contributed by atoms with Crippen molar-refractivity contribution in [2.24, 2.45) is 11.5 Å². The number of benzene rings is 1. The Labute approximate surface area is 137 Å². The van der Waals surface area contributed by atoms with E-state index in [1.165, 1.54) is 25.7 Å². The van der Waals surface area contributed by atoms with Gasteiger partial charge >= 0.3 is 0 Å². The SMILES string of the molecule is CCCCCC.Clc1ccccc1Cl.N=C(N)NC(=N)N. The van der Waals surface area contributed by atoms with E-state index in [4.69, 9.17) is 45.5 Å². The summed E-state index contributed by atoms with van der Waals surface area (Å²) in [6, 6.07) is 7.19. The molecule has 1 rings (SSSR count). The van der Waals surface area contributed by atoms with Crippen LogP contribution in [0, 0.1) is 10.8 Å². The maximum absolute atomic E-state index is 6.47. The lowest BCUT2D eigenvalue weighted by Crippen LogP contribution is -2.39. The normalized spacial score (nSPS) is 8.57. The van der Waals surface area contributed by atoms with Gasteiger partial charge in [0.2, 0.25) is 0 Å². The maximum Gasteiger partial charge on any atom is 0.192 e. The highest BCUT2D eigenvalue weighted by Crippen LogP contribution is 2.19. The molecule has 1 aromatic rings. The molecule has 0 aliphatic heterocycles. The molecule has 0 saturated heterocycles. The minimum Gasteiger partial charge on any atom is -0.370 e. The van der Waals surface area contributed by atoms with E-state index in [0.29, 0.717) is 10.0 Å². The minimum atomic E-state index is -0.312. The third-order valence-corrected chi connectivity index (χ3v) is 2.81. The summed E-state index contributed by atoms with van der Waals surface area (Å²) in [5.74, 6) is -0.625. The number of halogens is 2. The fourth-order valence-corrected chi connectivity index (χ4v) is 1.36. The predicted octanol–water partition coefficient (Wildman–Crippen LogP) is 3.94. The molecule has 0 bridgehead atoms. The van der Waals surface area contributed by atoms with E-state index in [-0.39, 0.29) is 11.9 Å². The summed E-state index contributed by atoms with van der Waals surface area (Å²) < 4.78 is 0. The van der Waals surface area contributed by atoms with E-state index < -0.39 is 0 Å². The standard InChI is InChI=1S/C6H4Cl2.C6H14.C2H7N5/c7-5-3-1-2-4-6(5)8;1-3-5-6-4-2;3-1(4)7-2(5)6/h1-4H;3-6H2,1-2H3;(H7,3,4,5,6,7). The molecule has 0 saturated carbocycles. The van der Waals surface area contributed by atoms with Crippen LogP contribution in [0.15, 0.2) is 24.3 Å². The van der Waals surface area contributed by atoms with E-state index in [0.717, 1.165) is 0 Å². The summed E-state index contributed by atoms with van der Waals surface area (Å²) in [7, 11) is 0. The van der Waals surface area contributed by atoms with Gasteiger partial charge in [-0.1, -0.05) is 74.9 Å². The molecule has 0 heterocycles. The third-order valence-electron chi connectivity index (χ3n) is 2.05. The zero-order valence-corrected chi connectivity index (χ0v) is 14.1. The van der Waals surface area contributed by atoms with Crippen LogP contribution in [0.3, 0.4) is 0 Å². The molecule has 0 spiro atoms. The van der Waals surface area contributed by atoms with Crippen LogP contribution in [0.1, 0.15) is 39.5 Å². The van der Waals surface area contributed by atoms with Gasteiger partial charge in [0.05, 0.1) is 10.0 Å². The molecule has 0 unspecified atom stereocenters. The number of rotatable bonds is 3. The predicted molar refractivity (Wildman–Crippen MR) is 93.2 cm³/mol. The van der Waals surface area contributed by atoms with E-state index in [9.17, 15) is 0 Å². The van der Waals surface area contributed by atoms with Crippen molar-refractivity contribution in [1.82, 2.24) is 5.32 Å².